The molecule has 0 saturated carbocycles. The van der Waals surface area contributed by atoms with Gasteiger partial charge in [-0.15, -0.1) is 0 Å². The van der Waals surface area contributed by atoms with Crippen LogP contribution in [0.4, 0.5) is 0 Å². The van der Waals surface area contributed by atoms with Crippen LogP contribution < -0.4 is 15.4 Å². The molecule has 0 radical (unpaired) electrons. The molecular weight excluding hydrogens is 352 g/mol. The van der Waals surface area contributed by atoms with E-state index in [4.69, 9.17) is 9.84 Å². The van der Waals surface area contributed by atoms with Gasteiger partial charge < -0.3 is 15.4 Å². The van der Waals surface area contributed by atoms with E-state index in [1.807, 2.05) is 72.4 Å². The Morgan fingerprint density at radius 1 is 1.07 bits per heavy atom. The minimum Gasteiger partial charge on any atom is -0.497 e. The van der Waals surface area contributed by atoms with Crippen LogP contribution in [0.2, 0.25) is 0 Å². The summed E-state index contributed by atoms with van der Waals surface area (Å²) in [6.45, 7) is 4.30. The summed E-state index contributed by atoms with van der Waals surface area (Å²) in [5.74, 6) is 0.772. The summed E-state index contributed by atoms with van der Waals surface area (Å²) >= 11 is 0. The highest BCUT2D eigenvalue weighted by atomic mass is 16.5. The minimum atomic E-state index is -0.0136. The summed E-state index contributed by atoms with van der Waals surface area (Å²) in [5, 5.41) is 10.9. The zero-order valence-corrected chi connectivity index (χ0v) is 16.3. The van der Waals surface area contributed by atoms with Crippen LogP contribution in [-0.2, 0) is 11.2 Å². The molecule has 2 N–H and O–H groups in total. The van der Waals surface area contributed by atoms with Crippen molar-refractivity contribution in [1.29, 1.82) is 0 Å². The van der Waals surface area contributed by atoms with E-state index in [1.165, 1.54) is 0 Å². The Morgan fingerprint density at radius 2 is 1.82 bits per heavy atom. The van der Waals surface area contributed by atoms with Gasteiger partial charge in [-0.25, -0.2) is 4.68 Å². The van der Waals surface area contributed by atoms with Crippen LogP contribution in [0.3, 0.4) is 0 Å². The van der Waals surface area contributed by atoms with Crippen molar-refractivity contribution in [2.75, 3.05) is 26.7 Å². The Labute approximate surface area is 165 Å². The standard InChI is InChI=1S/C22H26N4O2/c1-3-23-13-14-24-21(27)15-18-16-26(19-7-5-4-6-8-19)25-22(18)17-9-11-20(28-2)12-10-17/h4-12,16,23H,3,13-15H2,1-2H3,(H,24,27). The van der Waals surface area contributed by atoms with Gasteiger partial charge in [0.25, 0.3) is 0 Å². The maximum Gasteiger partial charge on any atom is 0.224 e. The molecule has 2 aromatic carbocycles. The van der Waals surface area contributed by atoms with Crippen LogP contribution in [0, 0.1) is 0 Å². The molecule has 1 aromatic heterocycles. The predicted octanol–water partition coefficient (Wildman–Crippen LogP) is 2.82. The Kier molecular flexibility index (Phi) is 6.81. The molecule has 0 aliphatic rings. The Bertz CT molecular complexity index is 889. The highest BCUT2D eigenvalue weighted by Gasteiger charge is 2.15. The molecule has 6 nitrogen and oxygen atoms in total. The van der Waals surface area contributed by atoms with Gasteiger partial charge in [-0.2, -0.15) is 5.10 Å². The zero-order chi connectivity index (χ0) is 19.8. The molecule has 0 unspecified atom stereocenters. The second-order valence-corrected chi connectivity index (χ2v) is 6.39. The van der Waals surface area contributed by atoms with E-state index in [2.05, 4.69) is 10.6 Å². The normalized spacial score (nSPS) is 10.6. The van der Waals surface area contributed by atoms with Crippen molar-refractivity contribution in [2.45, 2.75) is 13.3 Å². The summed E-state index contributed by atoms with van der Waals surface area (Å²) in [6.07, 6.45) is 2.21. The lowest BCUT2D eigenvalue weighted by molar-refractivity contribution is -0.120. The number of ether oxygens (including phenoxy) is 1. The molecule has 1 heterocycles. The number of para-hydroxylation sites is 1. The minimum absolute atomic E-state index is 0.0136. The zero-order valence-electron chi connectivity index (χ0n) is 16.3. The van der Waals surface area contributed by atoms with Crippen molar-refractivity contribution >= 4 is 5.91 Å². The van der Waals surface area contributed by atoms with Crippen LogP contribution >= 0.6 is 0 Å². The smallest absolute Gasteiger partial charge is 0.224 e. The molecule has 0 saturated heterocycles. The second-order valence-electron chi connectivity index (χ2n) is 6.39. The van der Waals surface area contributed by atoms with E-state index in [1.54, 1.807) is 7.11 Å². The first-order valence-electron chi connectivity index (χ1n) is 9.47. The van der Waals surface area contributed by atoms with Crippen molar-refractivity contribution in [3.63, 3.8) is 0 Å². The first-order valence-corrected chi connectivity index (χ1v) is 9.47. The Balaban J connectivity index is 1.85. The molecule has 0 spiro atoms. The average molecular weight is 378 g/mol. The van der Waals surface area contributed by atoms with E-state index in [9.17, 15) is 4.79 Å². The van der Waals surface area contributed by atoms with Crippen molar-refractivity contribution in [3.8, 4) is 22.7 Å². The fourth-order valence-corrected chi connectivity index (χ4v) is 2.95. The summed E-state index contributed by atoms with van der Waals surface area (Å²) in [7, 11) is 1.64. The molecule has 0 aliphatic heterocycles. The molecule has 1 amide bonds. The number of rotatable bonds is 9. The molecule has 0 atom stereocenters. The molecule has 0 aliphatic carbocycles. The molecule has 3 rings (SSSR count). The third kappa shape index (κ3) is 4.98. The maximum atomic E-state index is 12.4. The van der Waals surface area contributed by atoms with Gasteiger partial charge >= 0.3 is 0 Å². The van der Waals surface area contributed by atoms with Gasteiger partial charge in [0.15, 0.2) is 0 Å². The molecule has 3 aromatic rings. The first kappa shape index (κ1) is 19.6. The summed E-state index contributed by atoms with van der Waals surface area (Å²) < 4.78 is 7.06. The van der Waals surface area contributed by atoms with E-state index in [0.717, 1.165) is 41.3 Å². The third-order valence-electron chi connectivity index (χ3n) is 4.40. The number of hydrogen-bond acceptors (Lipinski definition) is 4. The lowest BCUT2D eigenvalue weighted by atomic mass is 10.1. The molecule has 28 heavy (non-hydrogen) atoms. The van der Waals surface area contributed by atoms with Gasteiger partial charge in [0.1, 0.15) is 5.75 Å². The van der Waals surface area contributed by atoms with Crippen molar-refractivity contribution in [2.24, 2.45) is 0 Å². The number of amides is 1. The van der Waals surface area contributed by atoms with Crippen LogP contribution in [0.5, 0.6) is 5.75 Å². The van der Waals surface area contributed by atoms with Gasteiger partial charge in [0.2, 0.25) is 5.91 Å². The predicted molar refractivity (Wildman–Crippen MR) is 111 cm³/mol. The molecule has 6 heteroatoms. The number of carbonyl (C=O) groups excluding carboxylic acids is 1. The van der Waals surface area contributed by atoms with Crippen molar-refractivity contribution < 1.29 is 9.53 Å². The van der Waals surface area contributed by atoms with Crippen LogP contribution in [0.15, 0.2) is 60.8 Å². The molecule has 0 fully saturated rings. The fourth-order valence-electron chi connectivity index (χ4n) is 2.95. The number of hydrogen-bond donors (Lipinski definition) is 2. The number of likely N-dealkylation sites (N-methyl/N-ethyl adjacent to an activating group) is 1. The Hall–Kier alpha value is -3.12. The van der Waals surface area contributed by atoms with Gasteiger partial charge in [-0.05, 0) is 42.9 Å². The maximum absolute atomic E-state index is 12.4. The van der Waals surface area contributed by atoms with Gasteiger partial charge in [0, 0.05) is 30.4 Å². The number of benzene rings is 2. The second kappa shape index (κ2) is 9.71. The van der Waals surface area contributed by atoms with E-state index < -0.39 is 0 Å². The lowest BCUT2D eigenvalue weighted by Crippen LogP contribution is -2.32. The number of methoxy groups -OCH3 is 1. The number of carbonyl (C=O) groups is 1. The van der Waals surface area contributed by atoms with Crippen LogP contribution in [-0.4, -0.2) is 42.4 Å². The van der Waals surface area contributed by atoms with Crippen molar-refractivity contribution in [1.82, 2.24) is 20.4 Å². The molecule has 0 bridgehead atoms. The largest absolute Gasteiger partial charge is 0.497 e. The molecule has 146 valence electrons. The Morgan fingerprint density at radius 3 is 2.50 bits per heavy atom. The van der Waals surface area contributed by atoms with Gasteiger partial charge in [-0.1, -0.05) is 25.1 Å². The van der Waals surface area contributed by atoms with Crippen LogP contribution in [0.1, 0.15) is 12.5 Å². The van der Waals surface area contributed by atoms with Crippen molar-refractivity contribution in [3.05, 3.63) is 66.4 Å². The quantitative estimate of drug-likeness (QED) is 0.562. The van der Waals surface area contributed by atoms with E-state index in [0.29, 0.717) is 6.54 Å². The lowest BCUT2D eigenvalue weighted by Gasteiger charge is -2.06. The van der Waals surface area contributed by atoms with Gasteiger partial charge in [-0.3, -0.25) is 4.79 Å². The monoisotopic (exact) mass is 378 g/mol. The summed E-state index contributed by atoms with van der Waals surface area (Å²) in [5.41, 5.74) is 3.59. The SMILES string of the molecule is CCNCCNC(=O)Cc1cn(-c2ccccc2)nc1-c1ccc(OC)cc1. The van der Waals surface area contributed by atoms with Gasteiger partial charge in [0.05, 0.1) is 24.9 Å². The van der Waals surface area contributed by atoms with E-state index in [-0.39, 0.29) is 12.3 Å². The summed E-state index contributed by atoms with van der Waals surface area (Å²) in [6, 6.07) is 17.6. The molecular formula is C22H26N4O2. The highest BCUT2D eigenvalue weighted by Crippen LogP contribution is 2.26. The summed E-state index contributed by atoms with van der Waals surface area (Å²) in [4.78, 5) is 12.4. The number of nitrogens with one attached hydrogen (secondary N) is 2. The van der Waals surface area contributed by atoms with E-state index >= 15 is 0 Å². The number of aromatic nitrogens is 2. The third-order valence-corrected chi connectivity index (χ3v) is 4.40. The first-order chi connectivity index (χ1) is 13.7. The van der Waals surface area contributed by atoms with Crippen LogP contribution in [0.25, 0.3) is 16.9 Å². The average Bonchev–Trinajstić information content (AvgIpc) is 3.15. The highest BCUT2D eigenvalue weighted by molar-refractivity contribution is 5.81. The fraction of sp³-hybridized carbons (Fsp3) is 0.273. The number of nitrogens with zero attached hydrogens (tertiary/aromatic N) is 2. The topological polar surface area (TPSA) is 68.2 Å².